The highest BCUT2D eigenvalue weighted by atomic mass is 16.5. The van der Waals surface area contributed by atoms with E-state index in [0.29, 0.717) is 17.9 Å². The summed E-state index contributed by atoms with van der Waals surface area (Å²) in [5.41, 5.74) is 6.49. The Balaban J connectivity index is 1.93. The summed E-state index contributed by atoms with van der Waals surface area (Å²) >= 11 is 0. The lowest BCUT2D eigenvalue weighted by Gasteiger charge is -2.48. The van der Waals surface area contributed by atoms with E-state index >= 15 is 0 Å². The second-order valence-corrected chi connectivity index (χ2v) is 5.46. The summed E-state index contributed by atoms with van der Waals surface area (Å²) in [4.78, 5) is 0. The molecule has 0 amide bonds. The molecule has 2 aliphatic rings. The Bertz CT molecular complexity index is 198. The molecule has 82 valence electrons. The summed E-state index contributed by atoms with van der Waals surface area (Å²) in [7, 11) is 0. The van der Waals surface area contributed by atoms with Crippen LogP contribution >= 0.6 is 0 Å². The summed E-state index contributed by atoms with van der Waals surface area (Å²) < 4.78 is 5.91. The van der Waals surface area contributed by atoms with Crippen LogP contribution in [0.15, 0.2) is 0 Å². The molecule has 2 rings (SSSR count). The third-order valence-corrected chi connectivity index (χ3v) is 4.11. The van der Waals surface area contributed by atoms with E-state index in [0.717, 1.165) is 6.61 Å². The lowest BCUT2D eigenvalue weighted by atomic mass is 9.69. The number of nitrogens with two attached hydrogens (primary N) is 1. The summed E-state index contributed by atoms with van der Waals surface area (Å²) in [5, 5.41) is 0. The zero-order valence-corrected chi connectivity index (χ0v) is 9.46. The van der Waals surface area contributed by atoms with E-state index in [1.807, 2.05) is 0 Å². The summed E-state index contributed by atoms with van der Waals surface area (Å²) in [6.45, 7) is 5.40. The van der Waals surface area contributed by atoms with Crippen molar-refractivity contribution in [1.82, 2.24) is 0 Å². The highest BCUT2D eigenvalue weighted by molar-refractivity contribution is 4.96. The van der Waals surface area contributed by atoms with Gasteiger partial charge >= 0.3 is 0 Å². The number of hydrogen-bond donors (Lipinski definition) is 1. The molecule has 1 saturated carbocycles. The molecule has 2 N–H and O–H groups in total. The molecule has 1 spiro atoms. The van der Waals surface area contributed by atoms with Gasteiger partial charge in [-0.2, -0.15) is 0 Å². The van der Waals surface area contributed by atoms with Crippen molar-refractivity contribution in [1.29, 1.82) is 0 Å². The van der Waals surface area contributed by atoms with Crippen LogP contribution in [0.25, 0.3) is 0 Å². The minimum Gasteiger partial charge on any atom is -0.375 e. The van der Waals surface area contributed by atoms with Crippen molar-refractivity contribution >= 4 is 0 Å². The molecule has 2 unspecified atom stereocenters. The van der Waals surface area contributed by atoms with Crippen LogP contribution in [-0.4, -0.2) is 18.2 Å². The van der Waals surface area contributed by atoms with E-state index in [-0.39, 0.29) is 5.60 Å². The molecule has 1 aliphatic heterocycles. The zero-order valence-electron chi connectivity index (χ0n) is 9.46. The van der Waals surface area contributed by atoms with Gasteiger partial charge in [0.1, 0.15) is 0 Å². The average Bonchev–Trinajstić information content (AvgIpc) is 2.14. The molecule has 2 nitrogen and oxygen atoms in total. The number of ether oxygens (including phenoxy) is 1. The molecule has 0 radical (unpaired) electrons. The first-order valence-electron chi connectivity index (χ1n) is 6.02. The molecule has 14 heavy (non-hydrogen) atoms. The first-order valence-corrected chi connectivity index (χ1v) is 6.02. The Morgan fingerprint density at radius 1 is 1.36 bits per heavy atom. The summed E-state index contributed by atoms with van der Waals surface area (Å²) in [6, 6.07) is 0.372. The molecule has 0 aromatic heterocycles. The molecular formula is C12H23NO. The fraction of sp³-hybridized carbons (Fsp3) is 1.00. The monoisotopic (exact) mass is 197 g/mol. The molecule has 2 atom stereocenters. The maximum atomic E-state index is 6.24. The van der Waals surface area contributed by atoms with Gasteiger partial charge in [0, 0.05) is 12.6 Å². The van der Waals surface area contributed by atoms with Gasteiger partial charge in [-0.1, -0.05) is 13.8 Å². The van der Waals surface area contributed by atoms with Crippen molar-refractivity contribution in [3.8, 4) is 0 Å². The molecule has 2 heteroatoms. The quantitative estimate of drug-likeness (QED) is 0.737. The van der Waals surface area contributed by atoms with Crippen molar-refractivity contribution < 1.29 is 4.74 Å². The van der Waals surface area contributed by atoms with E-state index in [1.54, 1.807) is 0 Å². The number of rotatable bonds is 2. The van der Waals surface area contributed by atoms with E-state index in [9.17, 15) is 0 Å². The molecule has 1 aliphatic carbocycles. The van der Waals surface area contributed by atoms with Crippen LogP contribution in [0.2, 0.25) is 0 Å². The molecule has 0 aromatic rings. The van der Waals surface area contributed by atoms with Crippen LogP contribution in [-0.2, 0) is 4.74 Å². The minimum atomic E-state index is 0.259. The maximum absolute atomic E-state index is 6.24. The normalized spacial score (nSPS) is 33.0. The largest absolute Gasteiger partial charge is 0.375 e. The molecule has 1 heterocycles. The van der Waals surface area contributed by atoms with Gasteiger partial charge in [0.15, 0.2) is 0 Å². The van der Waals surface area contributed by atoms with E-state index in [2.05, 4.69) is 13.8 Å². The predicted octanol–water partition coefficient (Wildman–Crippen LogP) is 2.32. The van der Waals surface area contributed by atoms with Gasteiger partial charge in [-0.05, 0) is 43.9 Å². The SMILES string of the molecule is CC(C)C(N)C1CCOC2(CCC2)C1. The first-order chi connectivity index (χ1) is 6.63. The van der Waals surface area contributed by atoms with Crippen molar-refractivity contribution in [3.63, 3.8) is 0 Å². The van der Waals surface area contributed by atoms with Gasteiger partial charge in [0.25, 0.3) is 0 Å². The van der Waals surface area contributed by atoms with Crippen molar-refractivity contribution in [3.05, 3.63) is 0 Å². The number of hydrogen-bond acceptors (Lipinski definition) is 2. The van der Waals surface area contributed by atoms with E-state index in [4.69, 9.17) is 10.5 Å². The lowest BCUT2D eigenvalue weighted by Crippen LogP contribution is -2.50. The Kier molecular flexibility index (Phi) is 2.85. The molecule has 0 aromatic carbocycles. The topological polar surface area (TPSA) is 35.2 Å². The standard InChI is InChI=1S/C12H23NO/c1-9(2)11(13)10-4-7-14-12(8-10)5-3-6-12/h9-11H,3-8,13H2,1-2H3. The van der Waals surface area contributed by atoms with Gasteiger partial charge in [0.2, 0.25) is 0 Å². The summed E-state index contributed by atoms with van der Waals surface area (Å²) in [6.07, 6.45) is 6.28. The van der Waals surface area contributed by atoms with Crippen LogP contribution < -0.4 is 5.73 Å². The van der Waals surface area contributed by atoms with Crippen LogP contribution in [0.1, 0.15) is 46.0 Å². The summed E-state index contributed by atoms with van der Waals surface area (Å²) in [5.74, 6) is 1.30. The first kappa shape index (κ1) is 10.4. The Morgan fingerprint density at radius 2 is 2.07 bits per heavy atom. The fourth-order valence-electron chi connectivity index (χ4n) is 2.86. The van der Waals surface area contributed by atoms with Crippen LogP contribution in [0.5, 0.6) is 0 Å². The zero-order chi connectivity index (χ0) is 10.2. The highest BCUT2D eigenvalue weighted by Crippen LogP contribution is 2.45. The third kappa shape index (κ3) is 1.82. The molecule has 0 bridgehead atoms. The molecular weight excluding hydrogens is 174 g/mol. The molecule has 1 saturated heterocycles. The minimum absolute atomic E-state index is 0.259. The van der Waals surface area contributed by atoms with Gasteiger partial charge in [-0.3, -0.25) is 0 Å². The maximum Gasteiger partial charge on any atom is 0.0685 e. The van der Waals surface area contributed by atoms with Crippen LogP contribution in [0, 0.1) is 11.8 Å². The van der Waals surface area contributed by atoms with E-state index < -0.39 is 0 Å². The van der Waals surface area contributed by atoms with Crippen LogP contribution in [0.3, 0.4) is 0 Å². The Hall–Kier alpha value is -0.0800. The Labute approximate surface area is 87.2 Å². The van der Waals surface area contributed by atoms with Crippen molar-refractivity contribution in [2.45, 2.75) is 57.6 Å². The second-order valence-electron chi connectivity index (χ2n) is 5.46. The smallest absolute Gasteiger partial charge is 0.0685 e. The van der Waals surface area contributed by atoms with Crippen LogP contribution in [0.4, 0.5) is 0 Å². The average molecular weight is 197 g/mol. The van der Waals surface area contributed by atoms with Crippen molar-refractivity contribution in [2.24, 2.45) is 17.6 Å². The predicted molar refractivity (Wildman–Crippen MR) is 58.1 cm³/mol. The van der Waals surface area contributed by atoms with E-state index in [1.165, 1.54) is 32.1 Å². The highest BCUT2D eigenvalue weighted by Gasteiger charge is 2.43. The van der Waals surface area contributed by atoms with Gasteiger partial charge in [0.05, 0.1) is 5.60 Å². The van der Waals surface area contributed by atoms with Gasteiger partial charge in [-0.25, -0.2) is 0 Å². The fourth-order valence-corrected chi connectivity index (χ4v) is 2.86. The van der Waals surface area contributed by atoms with Gasteiger partial charge in [-0.15, -0.1) is 0 Å². The Morgan fingerprint density at radius 3 is 2.57 bits per heavy atom. The lowest BCUT2D eigenvalue weighted by molar-refractivity contribution is -0.147. The molecule has 2 fully saturated rings. The second kappa shape index (κ2) is 3.82. The van der Waals surface area contributed by atoms with Gasteiger partial charge < -0.3 is 10.5 Å². The third-order valence-electron chi connectivity index (χ3n) is 4.11. The van der Waals surface area contributed by atoms with Crippen molar-refractivity contribution in [2.75, 3.05) is 6.61 Å².